The van der Waals surface area contributed by atoms with Crippen molar-refractivity contribution >= 4 is 61.7 Å². The van der Waals surface area contributed by atoms with Crippen LogP contribution in [0.15, 0.2) is 68.7 Å². The predicted octanol–water partition coefficient (Wildman–Crippen LogP) is 4.45. The zero-order valence-corrected chi connectivity index (χ0v) is 19.0. The van der Waals surface area contributed by atoms with Crippen molar-refractivity contribution in [2.24, 2.45) is 0 Å². The average molecular weight is 485 g/mol. The number of hydrogen-bond acceptors (Lipinski definition) is 6. The molecule has 0 bridgehead atoms. The van der Waals surface area contributed by atoms with Gasteiger partial charge in [-0.1, -0.05) is 54.2 Å². The number of anilines is 1. The third kappa shape index (κ3) is 3.99. The van der Waals surface area contributed by atoms with E-state index in [2.05, 4.69) is 21.9 Å². The van der Waals surface area contributed by atoms with Crippen LogP contribution in [0.3, 0.4) is 0 Å². The third-order valence-electron chi connectivity index (χ3n) is 5.02. The minimum atomic E-state index is -4.04. The first-order valence-electron chi connectivity index (χ1n) is 9.79. The van der Waals surface area contributed by atoms with Crippen LogP contribution in [0.4, 0.5) is 10.1 Å². The molecule has 2 N–H and O–H groups in total. The zero-order chi connectivity index (χ0) is 22.3. The van der Waals surface area contributed by atoms with Gasteiger partial charge in [0.2, 0.25) is 0 Å². The summed E-state index contributed by atoms with van der Waals surface area (Å²) < 4.78 is 43.9. The normalized spacial score (nSPS) is 13.3. The van der Waals surface area contributed by atoms with Crippen LogP contribution in [0.25, 0.3) is 22.9 Å². The molecule has 4 aromatic rings. The molecular weight excluding hydrogens is 467 g/mol. The first-order valence-corrected chi connectivity index (χ1v) is 12.9. The molecule has 1 aliphatic carbocycles. The van der Waals surface area contributed by atoms with Crippen molar-refractivity contribution in [1.82, 2.24) is 4.98 Å². The Morgan fingerprint density at radius 1 is 1.03 bits per heavy atom. The number of nitrogens with one attached hydrogen (secondary N) is 1. The molecule has 0 aliphatic heterocycles. The number of aromatic nitrogens is 1. The molecule has 0 saturated heterocycles. The minimum absolute atomic E-state index is 0.0560. The lowest BCUT2D eigenvalue weighted by Crippen LogP contribution is -2.22. The summed E-state index contributed by atoms with van der Waals surface area (Å²) in [4.78, 5) is 4.93. The second-order valence-corrected chi connectivity index (χ2v) is 11.2. The number of aromatic hydroxyl groups is 1. The van der Waals surface area contributed by atoms with Gasteiger partial charge in [-0.15, -0.1) is 11.3 Å². The fraction of sp³-hybridized carbons (Fsp3) is 0.0870. The topological polar surface area (TPSA) is 79.3 Å². The van der Waals surface area contributed by atoms with E-state index in [0.717, 1.165) is 33.1 Å². The number of rotatable bonds is 5. The monoisotopic (exact) mass is 484 g/mol. The van der Waals surface area contributed by atoms with Crippen LogP contribution in [0, 0.1) is 5.82 Å². The molecule has 0 spiro atoms. The van der Waals surface area contributed by atoms with E-state index in [1.54, 1.807) is 30.3 Å². The van der Waals surface area contributed by atoms with Crippen molar-refractivity contribution in [3.05, 3.63) is 70.3 Å². The lowest BCUT2D eigenvalue weighted by molar-refractivity contribution is 0.469. The summed E-state index contributed by atoms with van der Waals surface area (Å²) in [6, 6.07) is 13.4. The number of phenolic OH excluding ortho intramolecular Hbond substituents is 1. The average Bonchev–Trinajstić information content (AvgIpc) is 3.19. The summed E-state index contributed by atoms with van der Waals surface area (Å²) >= 11 is 2.82. The van der Waals surface area contributed by atoms with E-state index in [-0.39, 0.29) is 10.6 Å². The largest absolute Gasteiger partial charge is 0.506 e. The Kier molecular flexibility index (Phi) is 5.40. The quantitative estimate of drug-likeness (QED) is 0.409. The SMILES string of the molecule is O=S(=O)(Nc1cc(Sc2nc3c(s2)=CCCC=3)c(O)c2ccccc12)c1cccc(F)c1. The van der Waals surface area contributed by atoms with E-state index in [1.165, 1.54) is 41.3 Å². The molecule has 0 unspecified atom stereocenters. The van der Waals surface area contributed by atoms with E-state index in [0.29, 0.717) is 21.4 Å². The number of phenols is 1. The van der Waals surface area contributed by atoms with Gasteiger partial charge >= 0.3 is 0 Å². The zero-order valence-electron chi connectivity index (χ0n) is 16.6. The van der Waals surface area contributed by atoms with Gasteiger partial charge < -0.3 is 5.11 Å². The van der Waals surface area contributed by atoms with Crippen LogP contribution in [0.5, 0.6) is 5.75 Å². The maximum Gasteiger partial charge on any atom is 0.262 e. The van der Waals surface area contributed by atoms with Gasteiger partial charge in [0.25, 0.3) is 10.0 Å². The molecule has 0 fully saturated rings. The van der Waals surface area contributed by atoms with Crippen molar-refractivity contribution in [3.8, 4) is 5.75 Å². The van der Waals surface area contributed by atoms with Crippen LogP contribution in [-0.2, 0) is 10.0 Å². The molecule has 5 nitrogen and oxygen atoms in total. The van der Waals surface area contributed by atoms with Crippen LogP contribution in [0.1, 0.15) is 12.8 Å². The molecule has 0 amide bonds. The van der Waals surface area contributed by atoms with Crippen molar-refractivity contribution in [1.29, 1.82) is 0 Å². The fourth-order valence-corrected chi connectivity index (χ4v) is 6.81. The number of benzene rings is 3. The van der Waals surface area contributed by atoms with Crippen molar-refractivity contribution < 1.29 is 17.9 Å². The van der Waals surface area contributed by atoms with Crippen molar-refractivity contribution in [2.45, 2.75) is 27.0 Å². The second-order valence-electron chi connectivity index (χ2n) is 7.20. The Morgan fingerprint density at radius 2 is 1.81 bits per heavy atom. The summed E-state index contributed by atoms with van der Waals surface area (Å²) in [5.41, 5.74) is 0.296. The number of nitrogens with zero attached hydrogens (tertiary/aromatic N) is 1. The van der Waals surface area contributed by atoms with E-state index >= 15 is 0 Å². The van der Waals surface area contributed by atoms with Crippen LogP contribution >= 0.6 is 23.1 Å². The summed E-state index contributed by atoms with van der Waals surface area (Å²) in [6.07, 6.45) is 6.17. The van der Waals surface area contributed by atoms with Crippen LogP contribution in [-0.4, -0.2) is 18.5 Å². The van der Waals surface area contributed by atoms with E-state index < -0.39 is 15.8 Å². The van der Waals surface area contributed by atoms with E-state index in [4.69, 9.17) is 0 Å². The van der Waals surface area contributed by atoms with E-state index in [1.807, 2.05) is 0 Å². The molecule has 0 saturated carbocycles. The molecular formula is C23H17FN2O3S3. The molecule has 0 radical (unpaired) electrons. The van der Waals surface area contributed by atoms with E-state index in [9.17, 15) is 17.9 Å². The van der Waals surface area contributed by atoms with Gasteiger partial charge in [-0.2, -0.15) is 0 Å². The minimum Gasteiger partial charge on any atom is -0.506 e. The maximum absolute atomic E-state index is 13.6. The predicted molar refractivity (Wildman–Crippen MR) is 126 cm³/mol. The number of thiazole rings is 1. The highest BCUT2D eigenvalue weighted by atomic mass is 32.2. The number of sulfonamides is 1. The standard InChI is InChI=1S/C23H17FN2O3S3/c24-14-6-5-7-15(12-14)32(28,29)26-19-13-21(22(27)17-9-2-1-8-16(17)19)31-23-25-18-10-3-4-11-20(18)30-23/h1-2,5-13,26-27H,3-4H2. The molecule has 1 aromatic heterocycles. The number of hydrogen-bond donors (Lipinski definition) is 2. The molecule has 1 aliphatic rings. The molecule has 9 heteroatoms. The van der Waals surface area contributed by atoms with Gasteiger partial charge in [0.15, 0.2) is 4.34 Å². The highest BCUT2D eigenvalue weighted by Gasteiger charge is 2.20. The Balaban J connectivity index is 1.60. The summed E-state index contributed by atoms with van der Waals surface area (Å²) in [6.45, 7) is 0. The highest BCUT2D eigenvalue weighted by molar-refractivity contribution is 8.01. The Hall–Kier alpha value is -2.88. The molecule has 0 atom stereocenters. The van der Waals surface area contributed by atoms with Gasteiger partial charge in [0, 0.05) is 10.8 Å². The molecule has 162 valence electrons. The Bertz CT molecular complexity index is 1550. The van der Waals surface area contributed by atoms with Crippen LogP contribution in [0.2, 0.25) is 0 Å². The first-order chi connectivity index (χ1) is 15.4. The highest BCUT2D eigenvalue weighted by Crippen LogP contribution is 2.43. The van der Waals surface area contributed by atoms with Gasteiger partial charge in [0.05, 0.1) is 25.4 Å². The van der Waals surface area contributed by atoms with Crippen molar-refractivity contribution in [2.75, 3.05) is 4.72 Å². The fourth-order valence-electron chi connectivity index (χ4n) is 3.52. The van der Waals surface area contributed by atoms with Crippen molar-refractivity contribution in [3.63, 3.8) is 0 Å². The lowest BCUT2D eigenvalue weighted by Gasteiger charge is -2.14. The maximum atomic E-state index is 13.6. The Morgan fingerprint density at radius 3 is 2.59 bits per heavy atom. The summed E-state index contributed by atoms with van der Waals surface area (Å²) in [7, 11) is -4.04. The van der Waals surface area contributed by atoms with Gasteiger partial charge in [-0.05, 0) is 37.1 Å². The first kappa shape index (κ1) is 21.0. The molecule has 32 heavy (non-hydrogen) atoms. The lowest BCUT2D eigenvalue weighted by atomic mass is 10.1. The van der Waals surface area contributed by atoms with Gasteiger partial charge in [-0.25, -0.2) is 17.8 Å². The summed E-state index contributed by atoms with van der Waals surface area (Å²) in [5.74, 6) is -0.582. The Labute approximate surface area is 192 Å². The second kappa shape index (κ2) is 8.23. The van der Waals surface area contributed by atoms with Gasteiger partial charge in [-0.3, -0.25) is 4.72 Å². The smallest absolute Gasteiger partial charge is 0.262 e. The van der Waals surface area contributed by atoms with Gasteiger partial charge in [0.1, 0.15) is 11.6 Å². The molecule has 5 rings (SSSR count). The molecule has 1 heterocycles. The van der Waals surface area contributed by atoms with Crippen LogP contribution < -0.4 is 14.6 Å². The third-order valence-corrected chi connectivity index (χ3v) is 8.55. The molecule has 3 aromatic carbocycles. The summed E-state index contributed by atoms with van der Waals surface area (Å²) in [5, 5.41) is 12.9. The number of fused-ring (bicyclic) bond motifs is 2. The number of halogens is 1.